The zero-order valence-corrected chi connectivity index (χ0v) is 10.2. The van der Waals surface area contributed by atoms with Gasteiger partial charge in [0, 0.05) is 11.6 Å². The molecule has 1 fully saturated rings. The smallest absolute Gasteiger partial charge is 0.134 e. The van der Waals surface area contributed by atoms with E-state index in [1.807, 2.05) is 13.8 Å². The lowest BCUT2D eigenvalue weighted by atomic mass is 9.80. The lowest BCUT2D eigenvalue weighted by Crippen LogP contribution is -2.31. The van der Waals surface area contributed by atoms with Gasteiger partial charge >= 0.3 is 0 Å². The van der Waals surface area contributed by atoms with E-state index in [-0.39, 0.29) is 0 Å². The maximum absolute atomic E-state index is 5.83. The molecule has 0 bridgehead atoms. The Bertz CT molecular complexity index is 385. The predicted molar refractivity (Wildman–Crippen MR) is 66.3 cm³/mol. The number of nitrogens with one attached hydrogen (secondary N) is 1. The minimum absolute atomic E-state index is 0.473. The molecule has 3 N–H and O–H groups in total. The summed E-state index contributed by atoms with van der Waals surface area (Å²) in [6.07, 6.45) is 4.01. The second-order valence-corrected chi connectivity index (χ2v) is 4.75. The van der Waals surface area contributed by atoms with Crippen molar-refractivity contribution in [2.45, 2.75) is 46.1 Å². The highest BCUT2D eigenvalue weighted by Crippen LogP contribution is 2.31. The molecule has 0 aliphatic heterocycles. The lowest BCUT2D eigenvalue weighted by Gasteiger charge is -2.32. The molecule has 1 atom stereocenters. The third-order valence-electron chi connectivity index (χ3n) is 3.52. The van der Waals surface area contributed by atoms with Crippen molar-refractivity contribution in [3.8, 4) is 0 Å². The van der Waals surface area contributed by atoms with Gasteiger partial charge in [0.15, 0.2) is 0 Å². The standard InChI is InChI=1S/C12H20N4/c1-7-11(13)15-9(3)16-12(7)14-8(2)10-5-4-6-10/h8,10H,4-6H2,1-3H3,(H3,13,14,15,16). The van der Waals surface area contributed by atoms with Gasteiger partial charge in [-0.25, -0.2) is 9.97 Å². The van der Waals surface area contributed by atoms with Gasteiger partial charge in [-0.05, 0) is 39.5 Å². The molecule has 1 aliphatic rings. The van der Waals surface area contributed by atoms with Crippen LogP contribution >= 0.6 is 0 Å². The minimum Gasteiger partial charge on any atom is -0.383 e. The predicted octanol–water partition coefficient (Wildman–Crippen LogP) is 2.28. The number of hydrogen-bond donors (Lipinski definition) is 2. The maximum atomic E-state index is 5.83. The Labute approximate surface area is 96.7 Å². The summed E-state index contributed by atoms with van der Waals surface area (Å²) in [5, 5.41) is 3.46. The highest BCUT2D eigenvalue weighted by atomic mass is 15.1. The van der Waals surface area contributed by atoms with Gasteiger partial charge in [-0.2, -0.15) is 0 Å². The van der Waals surface area contributed by atoms with Crippen molar-refractivity contribution in [3.63, 3.8) is 0 Å². The summed E-state index contributed by atoms with van der Waals surface area (Å²) in [5.74, 6) is 2.99. The van der Waals surface area contributed by atoms with Crippen molar-refractivity contribution in [2.75, 3.05) is 11.1 Å². The maximum Gasteiger partial charge on any atom is 0.134 e. The van der Waals surface area contributed by atoms with Gasteiger partial charge in [0.1, 0.15) is 17.5 Å². The monoisotopic (exact) mass is 220 g/mol. The molecule has 1 heterocycles. The second-order valence-electron chi connectivity index (χ2n) is 4.75. The average Bonchev–Trinajstić information content (AvgIpc) is 2.10. The van der Waals surface area contributed by atoms with Crippen LogP contribution in [0.15, 0.2) is 0 Å². The van der Waals surface area contributed by atoms with Crippen LogP contribution in [-0.4, -0.2) is 16.0 Å². The van der Waals surface area contributed by atoms with Crippen LogP contribution in [0.4, 0.5) is 11.6 Å². The number of nitrogen functional groups attached to an aromatic ring is 1. The first-order valence-corrected chi connectivity index (χ1v) is 5.95. The molecule has 1 aromatic heterocycles. The Kier molecular flexibility index (Phi) is 2.99. The van der Waals surface area contributed by atoms with E-state index in [2.05, 4.69) is 22.2 Å². The van der Waals surface area contributed by atoms with Crippen LogP contribution < -0.4 is 11.1 Å². The zero-order chi connectivity index (χ0) is 11.7. The molecule has 4 heteroatoms. The van der Waals surface area contributed by atoms with E-state index < -0.39 is 0 Å². The molecule has 0 radical (unpaired) electrons. The topological polar surface area (TPSA) is 63.8 Å². The van der Waals surface area contributed by atoms with Crippen molar-refractivity contribution >= 4 is 11.6 Å². The van der Waals surface area contributed by atoms with E-state index >= 15 is 0 Å². The normalized spacial score (nSPS) is 17.9. The van der Waals surface area contributed by atoms with Crippen LogP contribution in [0.2, 0.25) is 0 Å². The molecule has 1 aromatic rings. The summed E-state index contributed by atoms with van der Waals surface area (Å²) in [4.78, 5) is 8.56. The van der Waals surface area contributed by atoms with Gasteiger partial charge < -0.3 is 11.1 Å². The molecule has 0 aromatic carbocycles. The van der Waals surface area contributed by atoms with Crippen LogP contribution in [0.5, 0.6) is 0 Å². The van der Waals surface area contributed by atoms with Crippen molar-refractivity contribution in [2.24, 2.45) is 5.92 Å². The molecule has 0 saturated heterocycles. The van der Waals surface area contributed by atoms with E-state index in [0.717, 1.165) is 23.1 Å². The number of rotatable bonds is 3. The Balaban J connectivity index is 2.13. The summed E-state index contributed by atoms with van der Waals surface area (Å²) >= 11 is 0. The van der Waals surface area contributed by atoms with Crippen LogP contribution in [-0.2, 0) is 0 Å². The Morgan fingerprint density at radius 2 is 2.00 bits per heavy atom. The quantitative estimate of drug-likeness (QED) is 0.820. The number of aromatic nitrogens is 2. The summed E-state index contributed by atoms with van der Waals surface area (Å²) in [6.45, 7) is 6.05. The molecule has 1 saturated carbocycles. The molecule has 0 amide bonds. The first-order valence-electron chi connectivity index (χ1n) is 5.95. The van der Waals surface area contributed by atoms with Crippen LogP contribution in [0.25, 0.3) is 0 Å². The van der Waals surface area contributed by atoms with Gasteiger partial charge in [-0.1, -0.05) is 6.42 Å². The zero-order valence-electron chi connectivity index (χ0n) is 10.2. The number of nitrogens with zero attached hydrogens (tertiary/aromatic N) is 2. The lowest BCUT2D eigenvalue weighted by molar-refractivity contribution is 0.285. The van der Waals surface area contributed by atoms with Gasteiger partial charge in [0.05, 0.1) is 0 Å². The highest BCUT2D eigenvalue weighted by Gasteiger charge is 2.24. The molecule has 16 heavy (non-hydrogen) atoms. The van der Waals surface area contributed by atoms with Crippen LogP contribution in [0, 0.1) is 19.8 Å². The van der Waals surface area contributed by atoms with E-state index in [4.69, 9.17) is 5.73 Å². The summed E-state index contributed by atoms with van der Waals surface area (Å²) in [5.41, 5.74) is 6.78. The van der Waals surface area contributed by atoms with Crippen molar-refractivity contribution in [3.05, 3.63) is 11.4 Å². The Morgan fingerprint density at radius 1 is 1.31 bits per heavy atom. The van der Waals surface area contributed by atoms with E-state index in [0.29, 0.717) is 11.9 Å². The SMILES string of the molecule is Cc1nc(N)c(C)c(NC(C)C2CCC2)n1. The number of nitrogens with two attached hydrogens (primary N) is 1. The van der Waals surface area contributed by atoms with Gasteiger partial charge in [0.2, 0.25) is 0 Å². The second kappa shape index (κ2) is 4.28. The molecule has 88 valence electrons. The summed E-state index contributed by atoms with van der Waals surface area (Å²) < 4.78 is 0. The van der Waals surface area contributed by atoms with Gasteiger partial charge in [-0.3, -0.25) is 0 Å². The number of anilines is 2. The van der Waals surface area contributed by atoms with E-state index in [1.54, 1.807) is 0 Å². The molecule has 1 aliphatic carbocycles. The summed E-state index contributed by atoms with van der Waals surface area (Å²) in [7, 11) is 0. The number of aryl methyl sites for hydroxylation is 1. The number of hydrogen-bond acceptors (Lipinski definition) is 4. The van der Waals surface area contributed by atoms with Crippen LogP contribution in [0.1, 0.15) is 37.6 Å². The molecular formula is C12H20N4. The fourth-order valence-electron chi connectivity index (χ4n) is 2.06. The Hall–Kier alpha value is -1.32. The van der Waals surface area contributed by atoms with Crippen molar-refractivity contribution in [1.29, 1.82) is 0 Å². The molecule has 4 nitrogen and oxygen atoms in total. The fourth-order valence-corrected chi connectivity index (χ4v) is 2.06. The minimum atomic E-state index is 0.473. The average molecular weight is 220 g/mol. The summed E-state index contributed by atoms with van der Waals surface area (Å²) in [6, 6.07) is 0.473. The van der Waals surface area contributed by atoms with Gasteiger partial charge in [-0.15, -0.1) is 0 Å². The van der Waals surface area contributed by atoms with Crippen molar-refractivity contribution in [1.82, 2.24) is 9.97 Å². The van der Waals surface area contributed by atoms with E-state index in [1.165, 1.54) is 19.3 Å². The first-order chi connectivity index (χ1) is 7.58. The molecule has 2 rings (SSSR count). The third kappa shape index (κ3) is 2.10. The molecule has 0 spiro atoms. The fraction of sp³-hybridized carbons (Fsp3) is 0.667. The Morgan fingerprint density at radius 3 is 2.56 bits per heavy atom. The first kappa shape index (κ1) is 11.2. The molecule has 1 unspecified atom stereocenters. The van der Waals surface area contributed by atoms with E-state index in [9.17, 15) is 0 Å². The van der Waals surface area contributed by atoms with Crippen molar-refractivity contribution < 1.29 is 0 Å². The van der Waals surface area contributed by atoms with Gasteiger partial charge in [0.25, 0.3) is 0 Å². The highest BCUT2D eigenvalue weighted by molar-refractivity contribution is 5.55. The largest absolute Gasteiger partial charge is 0.383 e. The third-order valence-corrected chi connectivity index (χ3v) is 3.52. The van der Waals surface area contributed by atoms with Crippen LogP contribution in [0.3, 0.4) is 0 Å². The molecular weight excluding hydrogens is 200 g/mol.